The summed E-state index contributed by atoms with van der Waals surface area (Å²) in [4.78, 5) is 15.9. The van der Waals surface area contributed by atoms with Gasteiger partial charge in [0.1, 0.15) is 0 Å². The lowest BCUT2D eigenvalue weighted by Crippen LogP contribution is -2.37. The lowest BCUT2D eigenvalue weighted by molar-refractivity contribution is 0.122. The first-order valence-corrected chi connectivity index (χ1v) is 9.65. The number of nitrogens with zero attached hydrogens (tertiary/aromatic N) is 4. The van der Waals surface area contributed by atoms with E-state index >= 15 is 0 Å². The standard InChI is InChI=1S/C21H24N6O3/c1-28-17-9-8-16(14-18(17)29-2)23-20-24-19(22-15-6-4-3-5-7-15)25-21(26-20)27-10-12-30-13-11-27/h3-9,14H,10-13H2,1-2H3,(H2,22,23,24,25,26). The van der Waals surface area contributed by atoms with E-state index in [9.17, 15) is 0 Å². The number of hydrogen-bond donors (Lipinski definition) is 2. The average molecular weight is 408 g/mol. The third-order valence-corrected chi connectivity index (χ3v) is 4.59. The van der Waals surface area contributed by atoms with E-state index in [0.717, 1.165) is 24.5 Å². The molecule has 0 radical (unpaired) electrons. The van der Waals surface area contributed by atoms with Crippen LogP contribution in [0.15, 0.2) is 48.5 Å². The van der Waals surface area contributed by atoms with Crippen LogP contribution in [-0.2, 0) is 4.74 Å². The van der Waals surface area contributed by atoms with E-state index in [1.165, 1.54) is 0 Å². The Morgan fingerprint density at radius 3 is 2.13 bits per heavy atom. The first-order valence-electron chi connectivity index (χ1n) is 9.65. The molecule has 0 amide bonds. The zero-order chi connectivity index (χ0) is 20.8. The van der Waals surface area contributed by atoms with Crippen molar-refractivity contribution in [3.63, 3.8) is 0 Å². The number of morpholine rings is 1. The molecule has 2 heterocycles. The summed E-state index contributed by atoms with van der Waals surface area (Å²) >= 11 is 0. The number of rotatable bonds is 7. The van der Waals surface area contributed by atoms with E-state index in [1.807, 2.05) is 48.5 Å². The molecule has 9 heteroatoms. The van der Waals surface area contributed by atoms with E-state index in [2.05, 4.69) is 30.5 Å². The molecule has 1 aliphatic heterocycles. The van der Waals surface area contributed by atoms with Crippen LogP contribution < -0.4 is 25.0 Å². The highest BCUT2D eigenvalue weighted by Gasteiger charge is 2.17. The predicted octanol–water partition coefficient (Wildman–Crippen LogP) is 3.21. The smallest absolute Gasteiger partial charge is 0.233 e. The van der Waals surface area contributed by atoms with E-state index in [0.29, 0.717) is 42.6 Å². The van der Waals surface area contributed by atoms with Crippen LogP contribution in [0.4, 0.5) is 29.2 Å². The first-order chi connectivity index (χ1) is 14.7. The highest BCUT2D eigenvalue weighted by Crippen LogP contribution is 2.31. The number of methoxy groups -OCH3 is 2. The van der Waals surface area contributed by atoms with Gasteiger partial charge >= 0.3 is 0 Å². The Labute approximate surface area is 175 Å². The normalized spacial score (nSPS) is 13.6. The Hall–Kier alpha value is -3.59. The highest BCUT2D eigenvalue weighted by molar-refractivity contribution is 5.62. The Balaban J connectivity index is 1.64. The van der Waals surface area contributed by atoms with Gasteiger partial charge in [-0.25, -0.2) is 0 Å². The van der Waals surface area contributed by atoms with Gasteiger partial charge in [-0.15, -0.1) is 0 Å². The number of ether oxygens (including phenoxy) is 3. The predicted molar refractivity (Wildman–Crippen MR) is 115 cm³/mol. The fraction of sp³-hybridized carbons (Fsp3) is 0.286. The fourth-order valence-electron chi connectivity index (χ4n) is 3.07. The maximum Gasteiger partial charge on any atom is 0.233 e. The molecule has 0 atom stereocenters. The first kappa shape index (κ1) is 19.7. The Morgan fingerprint density at radius 2 is 1.47 bits per heavy atom. The third kappa shape index (κ3) is 4.69. The highest BCUT2D eigenvalue weighted by atomic mass is 16.5. The van der Waals surface area contributed by atoms with Crippen LogP contribution in [0.1, 0.15) is 0 Å². The summed E-state index contributed by atoms with van der Waals surface area (Å²) < 4.78 is 16.1. The van der Waals surface area contributed by atoms with Crippen LogP contribution in [0.2, 0.25) is 0 Å². The number of benzene rings is 2. The molecule has 1 aromatic heterocycles. The fourth-order valence-corrected chi connectivity index (χ4v) is 3.07. The van der Waals surface area contributed by atoms with Gasteiger partial charge in [-0.05, 0) is 24.3 Å². The summed E-state index contributed by atoms with van der Waals surface area (Å²) in [6.45, 7) is 2.74. The molecule has 1 saturated heterocycles. The molecular formula is C21H24N6O3. The van der Waals surface area contributed by atoms with Gasteiger partial charge in [-0.3, -0.25) is 0 Å². The Bertz CT molecular complexity index is 980. The van der Waals surface area contributed by atoms with Crippen LogP contribution in [0.25, 0.3) is 0 Å². The second kappa shape index (κ2) is 9.27. The molecule has 0 saturated carbocycles. The molecule has 0 bridgehead atoms. The third-order valence-electron chi connectivity index (χ3n) is 4.59. The molecule has 3 aromatic rings. The largest absolute Gasteiger partial charge is 0.493 e. The molecule has 2 N–H and O–H groups in total. The Kier molecular flexibility index (Phi) is 6.09. The maximum atomic E-state index is 5.45. The summed E-state index contributed by atoms with van der Waals surface area (Å²) in [5.74, 6) is 2.75. The van der Waals surface area contributed by atoms with E-state index in [-0.39, 0.29) is 0 Å². The molecule has 0 spiro atoms. The minimum absolute atomic E-state index is 0.428. The van der Waals surface area contributed by atoms with E-state index in [4.69, 9.17) is 14.2 Å². The van der Waals surface area contributed by atoms with Crippen LogP contribution in [0, 0.1) is 0 Å². The number of para-hydroxylation sites is 1. The molecule has 2 aromatic carbocycles. The SMILES string of the molecule is COc1ccc(Nc2nc(Nc3ccccc3)nc(N3CCOCC3)n2)cc1OC. The molecule has 30 heavy (non-hydrogen) atoms. The summed E-state index contributed by atoms with van der Waals surface area (Å²) in [7, 11) is 3.20. The summed E-state index contributed by atoms with van der Waals surface area (Å²) in [6, 6.07) is 15.3. The van der Waals surface area contributed by atoms with Gasteiger partial charge in [0.25, 0.3) is 0 Å². The molecular weight excluding hydrogens is 384 g/mol. The zero-order valence-electron chi connectivity index (χ0n) is 17.0. The molecule has 1 fully saturated rings. The van der Waals surface area contributed by atoms with E-state index in [1.54, 1.807) is 14.2 Å². The molecule has 156 valence electrons. The van der Waals surface area contributed by atoms with Crippen molar-refractivity contribution in [1.29, 1.82) is 0 Å². The van der Waals surface area contributed by atoms with Crippen LogP contribution in [0.5, 0.6) is 11.5 Å². The number of anilines is 5. The van der Waals surface area contributed by atoms with Gasteiger partial charge in [0.2, 0.25) is 17.8 Å². The van der Waals surface area contributed by atoms with Gasteiger partial charge in [0.05, 0.1) is 27.4 Å². The number of nitrogens with one attached hydrogen (secondary N) is 2. The summed E-state index contributed by atoms with van der Waals surface area (Å²) in [5.41, 5.74) is 1.67. The van der Waals surface area contributed by atoms with Crippen molar-refractivity contribution in [2.24, 2.45) is 0 Å². The van der Waals surface area contributed by atoms with Gasteiger partial charge in [0.15, 0.2) is 11.5 Å². The van der Waals surface area contributed by atoms with Crippen LogP contribution in [-0.4, -0.2) is 55.5 Å². The Morgan fingerprint density at radius 1 is 0.800 bits per heavy atom. The van der Waals surface area contributed by atoms with Crippen molar-refractivity contribution in [1.82, 2.24) is 15.0 Å². The minimum Gasteiger partial charge on any atom is -0.493 e. The average Bonchev–Trinajstić information content (AvgIpc) is 2.80. The maximum absolute atomic E-state index is 5.45. The second-order valence-electron chi connectivity index (χ2n) is 6.57. The van der Waals surface area contributed by atoms with E-state index < -0.39 is 0 Å². The zero-order valence-corrected chi connectivity index (χ0v) is 17.0. The quantitative estimate of drug-likeness (QED) is 0.611. The van der Waals surface area contributed by atoms with Gasteiger partial charge in [0, 0.05) is 30.5 Å². The van der Waals surface area contributed by atoms with Crippen LogP contribution >= 0.6 is 0 Å². The van der Waals surface area contributed by atoms with Crippen molar-refractivity contribution in [3.8, 4) is 11.5 Å². The summed E-state index contributed by atoms with van der Waals surface area (Å²) in [6.07, 6.45) is 0. The van der Waals surface area contributed by atoms with Crippen molar-refractivity contribution in [2.75, 3.05) is 56.1 Å². The number of hydrogen-bond acceptors (Lipinski definition) is 9. The second-order valence-corrected chi connectivity index (χ2v) is 6.57. The van der Waals surface area contributed by atoms with Crippen molar-refractivity contribution >= 4 is 29.2 Å². The topological polar surface area (TPSA) is 93.7 Å². The summed E-state index contributed by atoms with van der Waals surface area (Å²) in [5, 5.41) is 6.49. The molecule has 0 unspecified atom stereocenters. The van der Waals surface area contributed by atoms with Crippen LogP contribution in [0.3, 0.4) is 0 Å². The molecule has 9 nitrogen and oxygen atoms in total. The molecule has 4 rings (SSSR count). The number of aromatic nitrogens is 3. The van der Waals surface area contributed by atoms with Gasteiger partial charge in [-0.2, -0.15) is 15.0 Å². The van der Waals surface area contributed by atoms with Gasteiger partial charge < -0.3 is 29.7 Å². The molecule has 0 aliphatic carbocycles. The van der Waals surface area contributed by atoms with Gasteiger partial charge in [-0.1, -0.05) is 18.2 Å². The lowest BCUT2D eigenvalue weighted by Gasteiger charge is -2.27. The molecule has 1 aliphatic rings. The van der Waals surface area contributed by atoms with Crippen molar-refractivity contribution in [3.05, 3.63) is 48.5 Å². The lowest BCUT2D eigenvalue weighted by atomic mass is 10.3. The van der Waals surface area contributed by atoms with Crippen molar-refractivity contribution < 1.29 is 14.2 Å². The monoisotopic (exact) mass is 408 g/mol. The van der Waals surface area contributed by atoms with Crippen molar-refractivity contribution in [2.45, 2.75) is 0 Å². The minimum atomic E-state index is 0.428.